The van der Waals surface area contributed by atoms with Gasteiger partial charge in [0.25, 0.3) is 0 Å². The number of benzene rings is 2. The summed E-state index contributed by atoms with van der Waals surface area (Å²) in [5.74, 6) is 0.199. The largest absolute Gasteiger partial charge is 0.363 e. The van der Waals surface area contributed by atoms with Crippen molar-refractivity contribution in [1.82, 2.24) is 4.90 Å². The van der Waals surface area contributed by atoms with Gasteiger partial charge in [-0.05, 0) is 56.0 Å². The molecule has 0 saturated heterocycles. The summed E-state index contributed by atoms with van der Waals surface area (Å²) in [7, 11) is 0. The molecule has 0 aliphatic carbocycles. The summed E-state index contributed by atoms with van der Waals surface area (Å²) < 4.78 is 0. The molecule has 2 atom stereocenters. The van der Waals surface area contributed by atoms with E-state index in [1.807, 2.05) is 24.4 Å². The van der Waals surface area contributed by atoms with E-state index in [1.54, 1.807) is 6.08 Å². The molecule has 2 aromatic carbocycles. The number of aryl methyl sites for hydroxylation is 3. The highest BCUT2D eigenvalue weighted by Gasteiger charge is 2.29. The summed E-state index contributed by atoms with van der Waals surface area (Å²) in [6.45, 7) is 8.74. The zero-order chi connectivity index (χ0) is 17.3. The van der Waals surface area contributed by atoms with Crippen LogP contribution in [0.2, 0.25) is 0 Å². The first-order valence-corrected chi connectivity index (χ1v) is 8.58. The van der Waals surface area contributed by atoms with Crippen LogP contribution in [0.3, 0.4) is 0 Å². The Labute approximate surface area is 144 Å². The van der Waals surface area contributed by atoms with Gasteiger partial charge in [-0.2, -0.15) is 0 Å². The lowest BCUT2D eigenvalue weighted by Crippen LogP contribution is -2.32. The average molecular weight is 319 g/mol. The lowest BCUT2D eigenvalue weighted by molar-refractivity contribution is -0.116. The molecule has 24 heavy (non-hydrogen) atoms. The number of carbonyl (C=O) groups is 1. The van der Waals surface area contributed by atoms with E-state index in [0.717, 1.165) is 0 Å². The van der Waals surface area contributed by atoms with E-state index in [4.69, 9.17) is 0 Å². The summed E-state index contributed by atoms with van der Waals surface area (Å²) in [5.41, 5.74) is 6.49. The second kappa shape index (κ2) is 6.64. The van der Waals surface area contributed by atoms with Gasteiger partial charge in [0.1, 0.15) is 0 Å². The van der Waals surface area contributed by atoms with E-state index < -0.39 is 0 Å². The minimum absolute atomic E-state index is 0.0961. The van der Waals surface area contributed by atoms with E-state index in [0.29, 0.717) is 6.42 Å². The lowest BCUT2D eigenvalue weighted by atomic mass is 9.90. The quantitative estimate of drug-likeness (QED) is 0.774. The molecule has 0 saturated carbocycles. The van der Waals surface area contributed by atoms with E-state index in [-0.39, 0.29) is 17.9 Å². The molecule has 0 fully saturated rings. The Hall–Kier alpha value is -2.35. The van der Waals surface area contributed by atoms with Crippen LogP contribution in [0.1, 0.15) is 53.2 Å². The Kier molecular flexibility index (Phi) is 4.57. The van der Waals surface area contributed by atoms with Crippen molar-refractivity contribution in [3.05, 3.63) is 82.6 Å². The second-order valence-electron chi connectivity index (χ2n) is 6.85. The SMILES string of the molecule is Cc1cc(C)c([C@H](C)N2C=CC(=O)C[C@@H]2c2ccccc2)c(C)c1. The Morgan fingerprint density at radius 1 is 1.04 bits per heavy atom. The normalized spacial score (nSPS) is 18.8. The number of ketones is 1. The zero-order valence-electron chi connectivity index (χ0n) is 14.9. The van der Waals surface area contributed by atoms with Gasteiger partial charge in [-0.1, -0.05) is 48.0 Å². The van der Waals surface area contributed by atoms with Gasteiger partial charge < -0.3 is 4.90 Å². The summed E-state index contributed by atoms with van der Waals surface area (Å²) in [4.78, 5) is 14.4. The van der Waals surface area contributed by atoms with Gasteiger partial charge in [0.2, 0.25) is 0 Å². The molecule has 0 N–H and O–H groups in total. The molecule has 124 valence electrons. The van der Waals surface area contributed by atoms with Crippen molar-refractivity contribution < 1.29 is 4.79 Å². The maximum atomic E-state index is 12.0. The molecule has 2 heteroatoms. The molecule has 3 rings (SSSR count). The van der Waals surface area contributed by atoms with Crippen molar-refractivity contribution in [3.8, 4) is 0 Å². The van der Waals surface area contributed by atoms with Crippen molar-refractivity contribution in [3.63, 3.8) is 0 Å². The first kappa shape index (κ1) is 16.5. The third kappa shape index (κ3) is 3.14. The topological polar surface area (TPSA) is 20.3 Å². The van der Waals surface area contributed by atoms with Gasteiger partial charge in [0.15, 0.2) is 5.78 Å². The first-order chi connectivity index (χ1) is 11.5. The molecule has 0 unspecified atom stereocenters. The first-order valence-electron chi connectivity index (χ1n) is 8.58. The summed E-state index contributed by atoms with van der Waals surface area (Å²) in [6, 6.07) is 15.2. The summed E-state index contributed by atoms with van der Waals surface area (Å²) in [5, 5.41) is 0. The number of carbonyl (C=O) groups excluding carboxylic acids is 1. The van der Waals surface area contributed by atoms with Crippen LogP contribution in [0.25, 0.3) is 0 Å². The molecule has 0 amide bonds. The van der Waals surface area contributed by atoms with Crippen LogP contribution in [-0.4, -0.2) is 10.7 Å². The Balaban J connectivity index is 2.02. The Bertz CT molecular complexity index is 753. The standard InChI is InChI=1S/C22H25NO/c1-15-12-16(2)22(17(3)13-15)18(4)23-11-10-20(24)14-21(23)19-8-6-5-7-9-19/h5-13,18,21H,14H2,1-4H3/t18-,21+/m0/s1. The molecular weight excluding hydrogens is 294 g/mol. The average Bonchev–Trinajstić information content (AvgIpc) is 2.54. The molecule has 0 spiro atoms. The fourth-order valence-electron chi connectivity index (χ4n) is 4.00. The van der Waals surface area contributed by atoms with Crippen molar-refractivity contribution in [1.29, 1.82) is 0 Å². The lowest BCUT2D eigenvalue weighted by Gasteiger charge is -2.39. The Morgan fingerprint density at radius 2 is 1.67 bits per heavy atom. The number of nitrogens with zero attached hydrogens (tertiary/aromatic N) is 1. The highest BCUT2D eigenvalue weighted by Crippen LogP contribution is 2.37. The van der Waals surface area contributed by atoms with Crippen LogP contribution in [0.4, 0.5) is 0 Å². The fraction of sp³-hybridized carbons (Fsp3) is 0.318. The monoisotopic (exact) mass is 319 g/mol. The van der Waals surface area contributed by atoms with Crippen LogP contribution in [0.5, 0.6) is 0 Å². The zero-order valence-corrected chi connectivity index (χ0v) is 14.9. The molecule has 1 aliphatic heterocycles. The van der Waals surface area contributed by atoms with E-state index in [9.17, 15) is 4.79 Å². The molecule has 0 bridgehead atoms. The number of allylic oxidation sites excluding steroid dienone is 1. The third-order valence-electron chi connectivity index (χ3n) is 4.97. The molecule has 0 aromatic heterocycles. The molecule has 2 aromatic rings. The van der Waals surface area contributed by atoms with Crippen molar-refractivity contribution in [2.45, 2.75) is 46.2 Å². The van der Waals surface area contributed by atoms with Gasteiger partial charge in [0, 0.05) is 12.6 Å². The Morgan fingerprint density at radius 3 is 2.29 bits per heavy atom. The molecule has 1 aliphatic rings. The van der Waals surface area contributed by atoms with E-state index >= 15 is 0 Å². The van der Waals surface area contributed by atoms with Gasteiger partial charge in [-0.3, -0.25) is 4.79 Å². The number of rotatable bonds is 3. The van der Waals surface area contributed by atoms with Crippen molar-refractivity contribution >= 4 is 5.78 Å². The van der Waals surface area contributed by atoms with E-state index in [2.05, 4.69) is 56.9 Å². The van der Waals surface area contributed by atoms with Crippen LogP contribution < -0.4 is 0 Å². The summed E-state index contributed by atoms with van der Waals surface area (Å²) >= 11 is 0. The fourth-order valence-corrected chi connectivity index (χ4v) is 4.00. The van der Waals surface area contributed by atoms with Crippen molar-refractivity contribution in [2.24, 2.45) is 0 Å². The molecule has 2 nitrogen and oxygen atoms in total. The highest BCUT2D eigenvalue weighted by molar-refractivity contribution is 5.91. The number of hydrogen-bond acceptors (Lipinski definition) is 2. The van der Waals surface area contributed by atoms with Crippen LogP contribution >= 0.6 is 0 Å². The smallest absolute Gasteiger partial charge is 0.159 e. The van der Waals surface area contributed by atoms with Crippen LogP contribution in [0.15, 0.2) is 54.7 Å². The predicted octanol–water partition coefficient (Wildman–Crippen LogP) is 5.20. The highest BCUT2D eigenvalue weighted by atomic mass is 16.1. The van der Waals surface area contributed by atoms with Crippen LogP contribution in [0, 0.1) is 20.8 Å². The summed E-state index contributed by atoms with van der Waals surface area (Å²) in [6.07, 6.45) is 4.23. The molecule has 0 radical (unpaired) electrons. The van der Waals surface area contributed by atoms with Gasteiger partial charge >= 0.3 is 0 Å². The molecular formula is C22H25NO. The minimum atomic E-state index is 0.0961. The minimum Gasteiger partial charge on any atom is -0.363 e. The maximum Gasteiger partial charge on any atom is 0.159 e. The van der Waals surface area contributed by atoms with E-state index in [1.165, 1.54) is 27.8 Å². The predicted molar refractivity (Wildman–Crippen MR) is 98.9 cm³/mol. The van der Waals surface area contributed by atoms with Gasteiger partial charge in [0.05, 0.1) is 12.1 Å². The van der Waals surface area contributed by atoms with Crippen LogP contribution in [-0.2, 0) is 4.79 Å². The molecule has 1 heterocycles. The van der Waals surface area contributed by atoms with Crippen molar-refractivity contribution in [2.75, 3.05) is 0 Å². The van der Waals surface area contributed by atoms with Gasteiger partial charge in [-0.15, -0.1) is 0 Å². The maximum absolute atomic E-state index is 12.0. The van der Waals surface area contributed by atoms with Gasteiger partial charge in [-0.25, -0.2) is 0 Å². The second-order valence-corrected chi connectivity index (χ2v) is 6.85. The number of hydrogen-bond donors (Lipinski definition) is 0. The third-order valence-corrected chi connectivity index (χ3v) is 4.97.